The molecule has 1 unspecified atom stereocenters. The molecular weight excluding hydrogens is 268 g/mol. The third-order valence-electron chi connectivity index (χ3n) is 3.46. The molecule has 2 heterocycles. The molecule has 1 aromatic rings. The van der Waals surface area contributed by atoms with Crippen LogP contribution in [-0.4, -0.2) is 39.5 Å². The summed E-state index contributed by atoms with van der Waals surface area (Å²) in [4.78, 5) is 24.8. The number of aromatic nitrogens is 1. The number of amides is 1. The summed E-state index contributed by atoms with van der Waals surface area (Å²) in [5.74, 6) is -0.817. The molecule has 1 saturated heterocycles. The number of nitrogens with zero attached hydrogens (tertiary/aromatic N) is 2. The number of carboxylic acids is 1. The van der Waals surface area contributed by atoms with Crippen LogP contribution in [0.25, 0.3) is 0 Å². The van der Waals surface area contributed by atoms with E-state index in [9.17, 15) is 9.59 Å². The van der Waals surface area contributed by atoms with Crippen molar-refractivity contribution in [2.24, 2.45) is 5.92 Å². The molecule has 5 nitrogen and oxygen atoms in total. The number of carbonyl (C=O) groups is 2. The highest BCUT2D eigenvalue weighted by molar-refractivity contribution is 6.31. The van der Waals surface area contributed by atoms with Crippen LogP contribution < -0.4 is 0 Å². The lowest BCUT2D eigenvalue weighted by atomic mass is 10.1. The minimum absolute atomic E-state index is 0.0574. The zero-order valence-corrected chi connectivity index (χ0v) is 11.6. The Hall–Kier alpha value is -1.49. The van der Waals surface area contributed by atoms with Crippen LogP contribution in [0.5, 0.6) is 0 Å². The normalized spacial score (nSPS) is 18.8. The van der Waals surface area contributed by atoms with Crippen molar-refractivity contribution in [1.82, 2.24) is 9.47 Å². The topological polar surface area (TPSA) is 62.5 Å². The Balaban J connectivity index is 2.06. The highest BCUT2D eigenvalue weighted by Gasteiger charge is 2.29. The molecule has 0 aliphatic carbocycles. The first-order chi connectivity index (χ1) is 9.01. The molecule has 0 radical (unpaired) electrons. The molecule has 1 atom stereocenters. The maximum Gasteiger partial charge on any atom is 0.303 e. The van der Waals surface area contributed by atoms with Gasteiger partial charge in [-0.05, 0) is 25.3 Å². The van der Waals surface area contributed by atoms with Crippen LogP contribution in [0.15, 0.2) is 12.3 Å². The van der Waals surface area contributed by atoms with E-state index >= 15 is 0 Å². The molecule has 1 aromatic heterocycles. The molecule has 1 N–H and O–H groups in total. The highest BCUT2D eigenvalue weighted by atomic mass is 35.5. The molecule has 0 bridgehead atoms. The molecule has 1 fully saturated rings. The Morgan fingerprint density at radius 2 is 2.26 bits per heavy atom. The van der Waals surface area contributed by atoms with Crippen LogP contribution in [0, 0.1) is 5.92 Å². The molecular formula is C13H17ClN2O3. The first-order valence-corrected chi connectivity index (χ1v) is 6.75. The first kappa shape index (κ1) is 13.9. The van der Waals surface area contributed by atoms with Gasteiger partial charge in [-0.1, -0.05) is 11.6 Å². The van der Waals surface area contributed by atoms with Crippen molar-refractivity contribution in [2.45, 2.75) is 26.3 Å². The number of halogens is 1. The smallest absolute Gasteiger partial charge is 0.303 e. The Morgan fingerprint density at radius 3 is 2.89 bits per heavy atom. The zero-order chi connectivity index (χ0) is 14.0. The predicted molar refractivity (Wildman–Crippen MR) is 71.4 cm³/mol. The summed E-state index contributed by atoms with van der Waals surface area (Å²) in [6.07, 6.45) is 2.61. The van der Waals surface area contributed by atoms with Gasteiger partial charge in [0.15, 0.2) is 0 Å². The van der Waals surface area contributed by atoms with Crippen LogP contribution in [0.2, 0.25) is 5.02 Å². The summed E-state index contributed by atoms with van der Waals surface area (Å²) in [5.41, 5.74) is 0.573. The molecule has 0 aromatic carbocycles. The summed E-state index contributed by atoms with van der Waals surface area (Å²) in [7, 11) is 0. The van der Waals surface area contributed by atoms with Crippen molar-refractivity contribution in [3.63, 3.8) is 0 Å². The monoisotopic (exact) mass is 284 g/mol. The number of aryl methyl sites for hydroxylation is 1. The number of rotatable bonds is 4. The molecule has 0 saturated carbocycles. The van der Waals surface area contributed by atoms with Gasteiger partial charge in [0.25, 0.3) is 5.91 Å². The van der Waals surface area contributed by atoms with E-state index in [0.717, 1.165) is 6.42 Å². The minimum atomic E-state index is -0.806. The van der Waals surface area contributed by atoms with Crippen molar-refractivity contribution in [2.75, 3.05) is 13.1 Å². The Bertz CT molecular complexity index is 498. The summed E-state index contributed by atoms with van der Waals surface area (Å²) >= 11 is 5.92. The van der Waals surface area contributed by atoms with Gasteiger partial charge in [-0.25, -0.2) is 0 Å². The molecule has 2 rings (SSSR count). The van der Waals surface area contributed by atoms with Crippen LogP contribution in [0.4, 0.5) is 0 Å². The van der Waals surface area contributed by atoms with Crippen LogP contribution in [-0.2, 0) is 11.3 Å². The number of likely N-dealkylation sites (tertiary alicyclic amines) is 1. The second-order valence-electron chi connectivity index (χ2n) is 4.83. The van der Waals surface area contributed by atoms with Gasteiger partial charge >= 0.3 is 5.97 Å². The molecule has 104 valence electrons. The van der Waals surface area contributed by atoms with Crippen molar-refractivity contribution in [3.8, 4) is 0 Å². The molecule has 1 amide bonds. The second kappa shape index (κ2) is 5.65. The lowest BCUT2D eigenvalue weighted by molar-refractivity contribution is -0.138. The molecule has 1 aliphatic heterocycles. The summed E-state index contributed by atoms with van der Waals surface area (Å²) in [6, 6.07) is 1.66. The van der Waals surface area contributed by atoms with Gasteiger partial charge in [0, 0.05) is 32.3 Å². The van der Waals surface area contributed by atoms with Crippen LogP contribution >= 0.6 is 11.6 Å². The Kier molecular flexibility index (Phi) is 4.14. The summed E-state index contributed by atoms with van der Waals surface area (Å²) < 4.78 is 1.81. The van der Waals surface area contributed by atoms with E-state index in [1.165, 1.54) is 0 Å². The SMILES string of the molecule is CCn1cc(Cl)cc1C(=O)N1CCC(CC(=O)O)C1. The van der Waals surface area contributed by atoms with Crippen molar-refractivity contribution >= 4 is 23.5 Å². The molecule has 6 heteroatoms. The van der Waals surface area contributed by atoms with E-state index in [0.29, 0.717) is 30.4 Å². The van der Waals surface area contributed by atoms with Crippen LogP contribution in [0.3, 0.4) is 0 Å². The number of carboxylic acid groups (broad SMARTS) is 1. The van der Waals surface area contributed by atoms with Gasteiger partial charge in [-0.3, -0.25) is 9.59 Å². The average molecular weight is 285 g/mol. The van der Waals surface area contributed by atoms with Crippen molar-refractivity contribution < 1.29 is 14.7 Å². The third kappa shape index (κ3) is 3.10. The van der Waals surface area contributed by atoms with E-state index in [2.05, 4.69) is 0 Å². The van der Waals surface area contributed by atoms with Crippen molar-refractivity contribution in [1.29, 1.82) is 0 Å². The third-order valence-corrected chi connectivity index (χ3v) is 3.67. The van der Waals surface area contributed by atoms with Gasteiger partial charge in [0.05, 0.1) is 5.02 Å². The fourth-order valence-corrected chi connectivity index (χ4v) is 2.73. The standard InChI is InChI=1S/C13H17ClN2O3/c1-2-15-8-10(14)6-11(15)13(19)16-4-3-9(7-16)5-12(17)18/h6,8-9H,2-5,7H2,1H3,(H,17,18). The van der Waals surface area contributed by atoms with E-state index in [1.54, 1.807) is 17.2 Å². The van der Waals surface area contributed by atoms with E-state index in [-0.39, 0.29) is 18.2 Å². The molecule has 19 heavy (non-hydrogen) atoms. The number of aliphatic carboxylic acids is 1. The summed E-state index contributed by atoms with van der Waals surface area (Å²) in [5, 5.41) is 9.32. The fourth-order valence-electron chi connectivity index (χ4n) is 2.51. The number of hydrogen-bond acceptors (Lipinski definition) is 2. The van der Waals surface area contributed by atoms with Gasteiger partial charge in [-0.15, -0.1) is 0 Å². The number of hydrogen-bond donors (Lipinski definition) is 1. The Labute approximate surface area is 116 Å². The maximum atomic E-state index is 12.4. The fraction of sp³-hybridized carbons (Fsp3) is 0.538. The zero-order valence-electron chi connectivity index (χ0n) is 10.8. The van der Waals surface area contributed by atoms with Crippen LogP contribution in [0.1, 0.15) is 30.3 Å². The maximum absolute atomic E-state index is 12.4. The van der Waals surface area contributed by atoms with Gasteiger partial charge in [-0.2, -0.15) is 0 Å². The molecule has 1 aliphatic rings. The quantitative estimate of drug-likeness (QED) is 0.921. The predicted octanol–water partition coefficient (Wildman–Crippen LogP) is 2.10. The minimum Gasteiger partial charge on any atom is -0.481 e. The number of carbonyl (C=O) groups excluding carboxylic acids is 1. The lowest BCUT2D eigenvalue weighted by Gasteiger charge is -2.17. The van der Waals surface area contributed by atoms with E-state index in [4.69, 9.17) is 16.7 Å². The van der Waals surface area contributed by atoms with E-state index in [1.807, 2.05) is 11.5 Å². The van der Waals surface area contributed by atoms with Crippen molar-refractivity contribution in [3.05, 3.63) is 23.0 Å². The van der Waals surface area contributed by atoms with Gasteiger partial charge < -0.3 is 14.6 Å². The van der Waals surface area contributed by atoms with Gasteiger partial charge in [0.1, 0.15) is 5.69 Å². The Morgan fingerprint density at radius 1 is 1.53 bits per heavy atom. The lowest BCUT2D eigenvalue weighted by Crippen LogP contribution is -2.30. The van der Waals surface area contributed by atoms with E-state index < -0.39 is 5.97 Å². The van der Waals surface area contributed by atoms with Gasteiger partial charge in [0.2, 0.25) is 0 Å². The largest absolute Gasteiger partial charge is 0.481 e. The highest BCUT2D eigenvalue weighted by Crippen LogP contribution is 2.23. The average Bonchev–Trinajstić information content (AvgIpc) is 2.94. The summed E-state index contributed by atoms with van der Waals surface area (Å²) in [6.45, 7) is 3.76. The second-order valence-corrected chi connectivity index (χ2v) is 5.27. The molecule has 0 spiro atoms. The first-order valence-electron chi connectivity index (χ1n) is 6.38.